The summed E-state index contributed by atoms with van der Waals surface area (Å²) in [6, 6.07) is 0. The fraction of sp³-hybridized carbons (Fsp3) is 0.900. The molecular weight excluding hydrogens is 406 g/mol. The number of hydrogen-bond donors (Lipinski definition) is 2. The Morgan fingerprint density at radius 1 is 0.848 bits per heavy atom. The van der Waals surface area contributed by atoms with Gasteiger partial charge in [-0.1, -0.05) is 46.8 Å². The molecule has 3 heteroatoms. The normalized spacial score (nSPS) is 55.4. The molecule has 5 rings (SSSR count). The minimum atomic E-state index is -0.158. The van der Waals surface area contributed by atoms with Gasteiger partial charge >= 0.3 is 0 Å². The predicted molar refractivity (Wildman–Crippen MR) is 135 cm³/mol. The third-order valence-electron chi connectivity index (χ3n) is 13.4. The van der Waals surface area contributed by atoms with E-state index in [1.807, 2.05) is 6.21 Å². The van der Waals surface area contributed by atoms with Crippen LogP contribution in [0.2, 0.25) is 0 Å². The average molecular weight is 456 g/mol. The molecule has 10 atom stereocenters. The van der Waals surface area contributed by atoms with E-state index in [-0.39, 0.29) is 16.9 Å². The molecule has 0 radical (unpaired) electrons. The van der Waals surface area contributed by atoms with Crippen LogP contribution in [-0.2, 0) is 0 Å². The van der Waals surface area contributed by atoms with Gasteiger partial charge in [-0.3, -0.25) is 0 Å². The fourth-order valence-electron chi connectivity index (χ4n) is 11.5. The van der Waals surface area contributed by atoms with Crippen molar-refractivity contribution in [2.24, 2.45) is 61.8 Å². The first kappa shape index (κ1) is 23.9. The van der Waals surface area contributed by atoms with Gasteiger partial charge in [0.25, 0.3) is 0 Å². The third kappa shape index (κ3) is 2.87. The van der Waals surface area contributed by atoms with E-state index in [0.717, 1.165) is 25.2 Å². The van der Waals surface area contributed by atoms with Crippen molar-refractivity contribution in [3.63, 3.8) is 0 Å². The maximum atomic E-state index is 10.9. The summed E-state index contributed by atoms with van der Waals surface area (Å²) in [6.45, 7) is 19.3. The summed E-state index contributed by atoms with van der Waals surface area (Å²) in [6.07, 6.45) is 13.9. The smallest absolute Gasteiger partial charge is 0.0594 e. The Balaban J connectivity index is 1.56. The first-order valence-electron chi connectivity index (χ1n) is 13.9. The Labute approximate surface area is 202 Å². The van der Waals surface area contributed by atoms with E-state index < -0.39 is 0 Å². The van der Waals surface area contributed by atoms with Crippen LogP contribution in [0.3, 0.4) is 0 Å². The van der Waals surface area contributed by atoms with Crippen LogP contribution in [0, 0.1) is 56.7 Å². The molecule has 0 heterocycles. The van der Waals surface area contributed by atoms with Crippen LogP contribution in [0.4, 0.5) is 0 Å². The second-order valence-electron chi connectivity index (χ2n) is 14.5. The molecule has 0 amide bonds. The summed E-state index contributed by atoms with van der Waals surface area (Å²) in [7, 11) is 0. The lowest BCUT2D eigenvalue weighted by atomic mass is 9.32. The van der Waals surface area contributed by atoms with Crippen LogP contribution >= 0.6 is 0 Å². The Bertz CT molecular complexity index is 848. The largest absolute Gasteiger partial charge is 0.411 e. The quantitative estimate of drug-likeness (QED) is 0.196. The number of hydrogen-bond acceptors (Lipinski definition) is 3. The number of nitrogens with zero attached hydrogens (tertiary/aromatic N) is 1. The molecule has 5 fully saturated rings. The number of aliphatic hydroxyl groups is 1. The number of oxime groups is 1. The second kappa shape index (κ2) is 7.34. The summed E-state index contributed by atoms with van der Waals surface area (Å²) >= 11 is 0. The van der Waals surface area contributed by atoms with E-state index in [1.54, 1.807) is 0 Å². The monoisotopic (exact) mass is 455 g/mol. The van der Waals surface area contributed by atoms with Crippen LogP contribution in [0.1, 0.15) is 106 Å². The highest BCUT2D eigenvalue weighted by atomic mass is 16.4. The molecule has 0 spiro atoms. The summed E-state index contributed by atoms with van der Waals surface area (Å²) in [5.41, 5.74) is 2.40. The Kier molecular flexibility index (Phi) is 5.31. The zero-order valence-electron chi connectivity index (χ0n) is 22.2. The molecule has 186 valence electrons. The van der Waals surface area contributed by atoms with Crippen molar-refractivity contribution in [2.75, 3.05) is 0 Å². The zero-order valence-corrected chi connectivity index (χ0v) is 22.2. The van der Waals surface area contributed by atoms with Gasteiger partial charge in [0.05, 0.1) is 12.3 Å². The maximum Gasteiger partial charge on any atom is 0.0594 e. The SMILES string of the molecule is C=C(C)[C@@H]1CC[C@]2(/C=N/O)CC[C@]3(C)[C@H](CC[C@H]4[C@@]5(C)CC[C@H](O)C(C)(C)[C@@H]5CC[C@]43C)[C@H]12. The first-order valence-corrected chi connectivity index (χ1v) is 13.9. The lowest BCUT2D eigenvalue weighted by molar-refractivity contribution is -0.243. The van der Waals surface area contributed by atoms with Crippen LogP contribution < -0.4 is 0 Å². The summed E-state index contributed by atoms with van der Waals surface area (Å²) in [5, 5.41) is 24.2. The lowest BCUT2D eigenvalue weighted by Crippen LogP contribution is -2.66. The highest BCUT2D eigenvalue weighted by Crippen LogP contribution is 2.77. The third-order valence-corrected chi connectivity index (χ3v) is 13.4. The Morgan fingerprint density at radius 3 is 2.24 bits per heavy atom. The van der Waals surface area contributed by atoms with Crippen LogP contribution in [0.15, 0.2) is 17.3 Å². The molecule has 0 bridgehead atoms. The van der Waals surface area contributed by atoms with Crippen molar-refractivity contribution in [1.29, 1.82) is 0 Å². The molecule has 2 N–H and O–H groups in total. The van der Waals surface area contributed by atoms with Crippen molar-refractivity contribution in [3.05, 3.63) is 12.2 Å². The summed E-state index contributed by atoms with van der Waals surface area (Å²) in [5.74, 6) is 3.16. The average Bonchev–Trinajstić information content (AvgIpc) is 3.12. The van der Waals surface area contributed by atoms with Gasteiger partial charge in [-0.15, -0.1) is 5.16 Å². The first-order chi connectivity index (χ1) is 15.4. The topological polar surface area (TPSA) is 52.8 Å². The molecule has 0 aliphatic heterocycles. The Morgan fingerprint density at radius 2 is 1.58 bits per heavy atom. The van der Waals surface area contributed by atoms with Crippen molar-refractivity contribution in [2.45, 2.75) is 112 Å². The van der Waals surface area contributed by atoms with Gasteiger partial charge in [0.2, 0.25) is 0 Å². The number of allylic oxidation sites excluding steroid dienone is 1. The van der Waals surface area contributed by atoms with E-state index in [1.165, 1.54) is 50.5 Å². The standard InChI is InChI=1S/C30H49NO2/c1-19(2)20-10-15-30(18-31-33)17-16-28(6)21(25(20)30)8-9-23-27(5)13-12-24(32)26(3,4)22(27)11-14-29(23,28)7/h18,20-25,32-33H,1,8-17H2,2-7H3/b31-18+/t20-,21+,22-,23-,24-,25-,27-,28+,29+,30+/m0/s1. The highest BCUT2D eigenvalue weighted by Gasteiger charge is 2.70. The number of fused-ring (bicyclic) bond motifs is 7. The van der Waals surface area contributed by atoms with Crippen LogP contribution in [-0.4, -0.2) is 22.6 Å². The predicted octanol–water partition coefficient (Wildman–Crippen LogP) is 7.46. The molecule has 5 saturated carbocycles. The molecule has 0 aromatic rings. The van der Waals surface area contributed by atoms with E-state index in [2.05, 4.69) is 53.3 Å². The van der Waals surface area contributed by atoms with Gasteiger partial charge in [-0.2, -0.15) is 0 Å². The Hall–Kier alpha value is -0.830. The molecular formula is C30H49NO2. The number of aliphatic hydroxyl groups excluding tert-OH is 1. The van der Waals surface area contributed by atoms with E-state index >= 15 is 0 Å². The van der Waals surface area contributed by atoms with Crippen LogP contribution in [0.25, 0.3) is 0 Å². The van der Waals surface area contributed by atoms with Gasteiger partial charge in [-0.05, 0) is 122 Å². The minimum Gasteiger partial charge on any atom is -0.411 e. The van der Waals surface area contributed by atoms with Crippen molar-refractivity contribution < 1.29 is 10.3 Å². The van der Waals surface area contributed by atoms with Gasteiger partial charge in [-0.25, -0.2) is 0 Å². The molecule has 0 aromatic heterocycles. The van der Waals surface area contributed by atoms with Crippen molar-refractivity contribution in [1.82, 2.24) is 0 Å². The zero-order chi connectivity index (χ0) is 24.0. The van der Waals surface area contributed by atoms with E-state index in [0.29, 0.717) is 39.9 Å². The van der Waals surface area contributed by atoms with Gasteiger partial charge in [0.1, 0.15) is 0 Å². The van der Waals surface area contributed by atoms with Gasteiger partial charge < -0.3 is 10.3 Å². The van der Waals surface area contributed by atoms with E-state index in [4.69, 9.17) is 0 Å². The number of rotatable bonds is 2. The van der Waals surface area contributed by atoms with Crippen molar-refractivity contribution >= 4 is 6.21 Å². The highest BCUT2D eigenvalue weighted by molar-refractivity contribution is 5.67. The van der Waals surface area contributed by atoms with Crippen molar-refractivity contribution in [3.8, 4) is 0 Å². The molecule has 3 nitrogen and oxygen atoms in total. The minimum absolute atomic E-state index is 0.0158. The molecule has 33 heavy (non-hydrogen) atoms. The van der Waals surface area contributed by atoms with Gasteiger partial charge in [0.15, 0.2) is 0 Å². The van der Waals surface area contributed by atoms with Crippen LogP contribution in [0.5, 0.6) is 0 Å². The molecule has 5 aliphatic rings. The summed E-state index contributed by atoms with van der Waals surface area (Å²) < 4.78 is 0. The summed E-state index contributed by atoms with van der Waals surface area (Å²) in [4.78, 5) is 0. The molecule has 0 aromatic carbocycles. The second-order valence-corrected chi connectivity index (χ2v) is 14.5. The molecule has 0 unspecified atom stereocenters. The maximum absolute atomic E-state index is 10.9. The lowest BCUT2D eigenvalue weighted by Gasteiger charge is -2.72. The van der Waals surface area contributed by atoms with Gasteiger partial charge in [0, 0.05) is 5.41 Å². The molecule has 0 saturated heterocycles. The van der Waals surface area contributed by atoms with E-state index in [9.17, 15) is 10.3 Å². The molecule has 5 aliphatic carbocycles. The fourth-order valence-corrected chi connectivity index (χ4v) is 11.5.